The molecule has 1 fully saturated rings. The molecular weight excluding hydrogens is 380 g/mol. The predicted octanol–water partition coefficient (Wildman–Crippen LogP) is 1.93. The van der Waals surface area contributed by atoms with Crippen LogP contribution in [0.5, 0.6) is 0 Å². The van der Waals surface area contributed by atoms with E-state index >= 15 is 0 Å². The van der Waals surface area contributed by atoms with Crippen LogP contribution < -0.4 is 10.6 Å². The van der Waals surface area contributed by atoms with E-state index in [0.29, 0.717) is 0 Å². The molecule has 0 bridgehead atoms. The van der Waals surface area contributed by atoms with Gasteiger partial charge < -0.3 is 20.1 Å². The molecule has 154 valence electrons. The number of carbonyl (C=O) groups excluding carboxylic acids is 2. The maximum Gasteiger partial charge on any atom is 0.217 e. The molecule has 2 N–H and O–H groups in total. The zero-order chi connectivity index (χ0) is 21.2. The largest absolute Gasteiger partial charge is 0.351 e. The molecule has 5 atom stereocenters. The molecule has 0 spiro atoms. The summed E-state index contributed by atoms with van der Waals surface area (Å²) in [6.45, 7) is 2.65. The summed E-state index contributed by atoms with van der Waals surface area (Å²) in [5, 5.41) is 12.6. The molecule has 2 rings (SSSR count). The molecule has 0 aromatic heterocycles. The number of rotatable bonds is 8. The minimum Gasteiger partial charge on any atom is -0.351 e. The first-order valence-electron chi connectivity index (χ1n) is 8.86. The topological polar surface area (TPSA) is 174 Å². The van der Waals surface area contributed by atoms with Crippen molar-refractivity contribution in [3.8, 4) is 0 Å². The Morgan fingerprint density at radius 2 is 1.76 bits per heavy atom. The average molecular weight is 402 g/mol. The Morgan fingerprint density at radius 1 is 1.10 bits per heavy atom. The highest BCUT2D eigenvalue weighted by molar-refractivity contribution is 5.75. The Balaban J connectivity index is 2.35. The zero-order valence-corrected chi connectivity index (χ0v) is 16.0. The van der Waals surface area contributed by atoms with Crippen molar-refractivity contribution in [2.75, 3.05) is 6.54 Å². The number of nitrogens with one attached hydrogen (secondary N) is 2. The molecule has 1 aromatic rings. The van der Waals surface area contributed by atoms with Gasteiger partial charge in [-0.3, -0.25) is 9.59 Å². The molecule has 0 unspecified atom stereocenters. The fourth-order valence-corrected chi connectivity index (χ4v) is 3.12. The molecule has 1 saturated heterocycles. The maximum atomic E-state index is 11.8. The van der Waals surface area contributed by atoms with Crippen LogP contribution in [0.2, 0.25) is 0 Å². The van der Waals surface area contributed by atoms with Crippen LogP contribution in [0.1, 0.15) is 19.4 Å². The molecule has 0 saturated carbocycles. The van der Waals surface area contributed by atoms with E-state index in [-0.39, 0.29) is 19.1 Å². The van der Waals surface area contributed by atoms with E-state index in [0.717, 1.165) is 5.56 Å². The van der Waals surface area contributed by atoms with E-state index in [1.165, 1.54) is 13.8 Å². The number of nitrogens with zero attached hydrogens (tertiary/aromatic N) is 6. The lowest BCUT2D eigenvalue weighted by Crippen LogP contribution is -2.68. The summed E-state index contributed by atoms with van der Waals surface area (Å²) in [6.07, 6.45) is -1.84. The fourth-order valence-electron chi connectivity index (χ4n) is 3.12. The van der Waals surface area contributed by atoms with Crippen molar-refractivity contribution < 1.29 is 19.1 Å². The molecule has 1 aromatic carbocycles. The van der Waals surface area contributed by atoms with Gasteiger partial charge in [-0.15, -0.1) is 0 Å². The summed E-state index contributed by atoms with van der Waals surface area (Å²) >= 11 is 0. The molecule has 0 radical (unpaired) electrons. The summed E-state index contributed by atoms with van der Waals surface area (Å²) in [6, 6.07) is 6.71. The lowest BCUT2D eigenvalue weighted by Gasteiger charge is -2.45. The second-order valence-electron chi connectivity index (χ2n) is 6.40. The van der Waals surface area contributed by atoms with Crippen LogP contribution in [0.25, 0.3) is 20.9 Å². The van der Waals surface area contributed by atoms with E-state index < -0.39 is 36.4 Å². The fraction of sp³-hybridized carbons (Fsp3) is 0.529. The minimum atomic E-state index is -0.986. The van der Waals surface area contributed by atoms with Gasteiger partial charge in [0.05, 0.1) is 31.3 Å². The van der Waals surface area contributed by atoms with E-state index in [1.54, 1.807) is 0 Å². The van der Waals surface area contributed by atoms with E-state index in [4.69, 9.17) is 20.5 Å². The van der Waals surface area contributed by atoms with Crippen LogP contribution in [-0.4, -0.2) is 48.9 Å². The highest BCUT2D eigenvalue weighted by Gasteiger charge is 2.46. The average Bonchev–Trinajstić information content (AvgIpc) is 2.69. The van der Waals surface area contributed by atoms with Gasteiger partial charge in [0.1, 0.15) is 6.04 Å². The Bertz CT molecular complexity index is 807. The summed E-state index contributed by atoms with van der Waals surface area (Å²) in [5.74, 6) is -0.773. The second-order valence-corrected chi connectivity index (χ2v) is 6.40. The Labute approximate surface area is 166 Å². The molecule has 0 aliphatic carbocycles. The second kappa shape index (κ2) is 10.9. The summed E-state index contributed by atoms with van der Waals surface area (Å²) < 4.78 is 11.8. The first-order valence-corrected chi connectivity index (χ1v) is 8.86. The first kappa shape index (κ1) is 22.0. The summed E-state index contributed by atoms with van der Waals surface area (Å²) in [5.41, 5.74) is 18.5. The predicted molar refractivity (Wildman–Crippen MR) is 102 cm³/mol. The SMILES string of the molecule is CC(=O)N[C@@H]1[C@H](OCc2ccccc2)O[C@H](CN=[N+]=[N-])[C@H](N=[N+]=[N-])[C@H]1NC(C)=O. The van der Waals surface area contributed by atoms with Crippen molar-refractivity contribution in [1.29, 1.82) is 0 Å². The summed E-state index contributed by atoms with van der Waals surface area (Å²) in [4.78, 5) is 29.1. The van der Waals surface area contributed by atoms with Crippen molar-refractivity contribution in [2.45, 2.75) is 51.0 Å². The van der Waals surface area contributed by atoms with E-state index in [2.05, 4.69) is 30.7 Å². The molecule has 1 aliphatic heterocycles. The van der Waals surface area contributed by atoms with Crippen LogP contribution in [0.4, 0.5) is 0 Å². The highest BCUT2D eigenvalue weighted by Crippen LogP contribution is 2.26. The van der Waals surface area contributed by atoms with Gasteiger partial charge >= 0.3 is 0 Å². The minimum absolute atomic E-state index is 0.145. The lowest BCUT2D eigenvalue weighted by molar-refractivity contribution is -0.222. The number of ether oxygens (including phenoxy) is 2. The van der Waals surface area contributed by atoms with Crippen molar-refractivity contribution in [1.82, 2.24) is 10.6 Å². The smallest absolute Gasteiger partial charge is 0.217 e. The van der Waals surface area contributed by atoms with Gasteiger partial charge in [-0.2, -0.15) is 0 Å². The van der Waals surface area contributed by atoms with Crippen LogP contribution >= 0.6 is 0 Å². The molecule has 1 heterocycles. The van der Waals surface area contributed by atoms with Gasteiger partial charge in [-0.1, -0.05) is 40.6 Å². The third-order valence-electron chi connectivity index (χ3n) is 4.24. The highest BCUT2D eigenvalue weighted by atomic mass is 16.7. The van der Waals surface area contributed by atoms with Gasteiger partial charge in [0.2, 0.25) is 11.8 Å². The van der Waals surface area contributed by atoms with E-state index in [9.17, 15) is 9.59 Å². The lowest BCUT2D eigenvalue weighted by atomic mass is 9.91. The maximum absolute atomic E-state index is 11.8. The Kier molecular flexibility index (Phi) is 8.26. The Hall–Kier alpha value is -3.30. The molecule has 2 amide bonds. The summed E-state index contributed by atoms with van der Waals surface area (Å²) in [7, 11) is 0. The van der Waals surface area contributed by atoms with Gasteiger partial charge in [0.25, 0.3) is 0 Å². The number of hydrogen-bond donors (Lipinski definition) is 2. The number of carbonyl (C=O) groups is 2. The zero-order valence-electron chi connectivity index (χ0n) is 16.0. The van der Waals surface area contributed by atoms with Crippen molar-refractivity contribution in [3.63, 3.8) is 0 Å². The van der Waals surface area contributed by atoms with Gasteiger partial charge in [0.15, 0.2) is 6.29 Å². The molecule has 12 nitrogen and oxygen atoms in total. The third kappa shape index (κ3) is 6.37. The van der Waals surface area contributed by atoms with Crippen molar-refractivity contribution >= 4 is 11.8 Å². The number of benzene rings is 1. The standard InChI is InChI=1S/C17H22N8O4/c1-10(26)21-15-14(23-25-19)13(8-20-24-18)29-17(16(15)22-11(2)27)28-9-12-6-4-3-5-7-12/h3-7,13-17H,8-9H2,1-2H3,(H,21,26)(H,22,27)/t13-,14+,15-,16+,17-/m1/s1. The van der Waals surface area contributed by atoms with Gasteiger partial charge in [-0.25, -0.2) is 0 Å². The monoisotopic (exact) mass is 402 g/mol. The molecule has 12 heteroatoms. The number of hydrogen-bond acceptors (Lipinski definition) is 6. The normalized spacial score (nSPS) is 25.8. The Morgan fingerprint density at radius 3 is 2.34 bits per heavy atom. The molecular formula is C17H22N8O4. The van der Waals surface area contributed by atoms with E-state index in [1.807, 2.05) is 30.3 Å². The van der Waals surface area contributed by atoms with Crippen LogP contribution in [0.3, 0.4) is 0 Å². The third-order valence-corrected chi connectivity index (χ3v) is 4.24. The van der Waals surface area contributed by atoms with Gasteiger partial charge in [-0.05, 0) is 16.6 Å². The molecule has 1 aliphatic rings. The van der Waals surface area contributed by atoms with Crippen LogP contribution in [0.15, 0.2) is 40.6 Å². The van der Waals surface area contributed by atoms with Gasteiger partial charge in [0, 0.05) is 23.7 Å². The van der Waals surface area contributed by atoms with Crippen molar-refractivity contribution in [3.05, 3.63) is 56.8 Å². The van der Waals surface area contributed by atoms with Crippen LogP contribution in [-0.2, 0) is 25.7 Å². The van der Waals surface area contributed by atoms with Crippen LogP contribution in [0, 0.1) is 0 Å². The molecule has 29 heavy (non-hydrogen) atoms. The number of azide groups is 2. The quantitative estimate of drug-likeness (QED) is 0.384. The number of amides is 2. The van der Waals surface area contributed by atoms with Crippen molar-refractivity contribution in [2.24, 2.45) is 10.2 Å². The first-order chi connectivity index (χ1) is 14.0.